The molecule has 1 aliphatic rings. The summed E-state index contributed by atoms with van der Waals surface area (Å²) in [4.78, 5) is 9.96. The second-order valence-electron chi connectivity index (χ2n) is 5.20. The summed E-state index contributed by atoms with van der Waals surface area (Å²) < 4.78 is 37.3. The van der Waals surface area contributed by atoms with Crippen LogP contribution in [0.4, 0.5) is 5.69 Å². The van der Waals surface area contributed by atoms with Crippen LogP contribution in [-0.4, -0.2) is 39.4 Å². The number of nitrogens with one attached hydrogen (secondary N) is 1. The van der Waals surface area contributed by atoms with Gasteiger partial charge in [-0.2, -0.15) is 0 Å². The molecule has 0 amide bonds. The fourth-order valence-corrected chi connectivity index (χ4v) is 3.12. The zero-order valence-corrected chi connectivity index (χ0v) is 13.9. The first-order valence-corrected chi connectivity index (χ1v) is 9.10. The van der Waals surface area contributed by atoms with Crippen LogP contribution in [0.2, 0.25) is 0 Å². The van der Waals surface area contributed by atoms with Crippen LogP contribution in [0.15, 0.2) is 41.3 Å². The van der Waals surface area contributed by atoms with Gasteiger partial charge in [-0.05, 0) is 31.4 Å². The highest BCUT2D eigenvalue weighted by Crippen LogP contribution is 2.15. The van der Waals surface area contributed by atoms with Gasteiger partial charge in [0.1, 0.15) is 0 Å². The summed E-state index contributed by atoms with van der Waals surface area (Å²) in [6.07, 6.45) is 6.20. The van der Waals surface area contributed by atoms with Crippen LogP contribution in [0, 0.1) is 10.1 Å². The predicted octanol–water partition coefficient (Wildman–Crippen LogP) is 1.97. The van der Waals surface area contributed by atoms with Crippen molar-refractivity contribution in [2.75, 3.05) is 19.8 Å². The van der Waals surface area contributed by atoms with E-state index in [1.165, 1.54) is 12.1 Å². The Labute approximate surface area is 140 Å². The molecule has 24 heavy (non-hydrogen) atoms. The molecule has 1 aromatic rings. The van der Waals surface area contributed by atoms with E-state index >= 15 is 0 Å². The number of sulfonamides is 1. The summed E-state index contributed by atoms with van der Waals surface area (Å²) in [5.74, 6) is 0. The van der Waals surface area contributed by atoms with E-state index in [1.807, 2.05) is 0 Å². The summed E-state index contributed by atoms with van der Waals surface area (Å²) in [5, 5.41) is 10.6. The third-order valence-corrected chi connectivity index (χ3v) is 4.87. The molecule has 2 rings (SSSR count). The van der Waals surface area contributed by atoms with E-state index < -0.39 is 14.9 Å². The quantitative estimate of drug-likeness (QED) is 0.433. The molecule has 8 nitrogen and oxygen atoms in total. The number of hydrogen-bond donors (Lipinski definition) is 1. The maximum absolute atomic E-state index is 12.0. The Hall–Kier alpha value is -1.81. The second-order valence-corrected chi connectivity index (χ2v) is 6.97. The van der Waals surface area contributed by atoms with Crippen LogP contribution < -0.4 is 4.72 Å². The lowest BCUT2D eigenvalue weighted by Gasteiger charge is -2.21. The monoisotopic (exact) mass is 356 g/mol. The maximum Gasteiger partial charge on any atom is 0.269 e. The van der Waals surface area contributed by atoms with Gasteiger partial charge in [0.05, 0.1) is 16.4 Å². The lowest BCUT2D eigenvalue weighted by Crippen LogP contribution is -2.24. The molecular weight excluding hydrogens is 336 g/mol. The number of nitro benzene ring substituents is 1. The Morgan fingerprint density at radius 1 is 1.29 bits per heavy atom. The average Bonchev–Trinajstić information content (AvgIpc) is 2.59. The lowest BCUT2D eigenvalue weighted by molar-refractivity contribution is -0.384. The highest BCUT2D eigenvalue weighted by molar-refractivity contribution is 7.89. The van der Waals surface area contributed by atoms with Crippen molar-refractivity contribution in [2.45, 2.75) is 30.4 Å². The molecule has 0 spiro atoms. The van der Waals surface area contributed by atoms with Crippen LogP contribution in [0.5, 0.6) is 0 Å². The highest BCUT2D eigenvalue weighted by atomic mass is 32.2. The molecule has 0 aliphatic carbocycles. The minimum Gasteiger partial charge on any atom is -0.353 e. The molecule has 1 aromatic carbocycles. The Morgan fingerprint density at radius 2 is 2.04 bits per heavy atom. The first kappa shape index (κ1) is 18.5. The Balaban J connectivity index is 1.75. The van der Waals surface area contributed by atoms with E-state index in [0.717, 1.165) is 31.4 Å². The molecule has 1 atom stereocenters. The van der Waals surface area contributed by atoms with Gasteiger partial charge in [-0.1, -0.05) is 12.2 Å². The molecule has 1 saturated heterocycles. The van der Waals surface area contributed by atoms with Crippen LogP contribution in [0.25, 0.3) is 0 Å². The molecule has 1 fully saturated rings. The molecule has 0 saturated carbocycles. The van der Waals surface area contributed by atoms with Crippen molar-refractivity contribution in [3.63, 3.8) is 0 Å². The van der Waals surface area contributed by atoms with Gasteiger partial charge in [0, 0.05) is 25.3 Å². The van der Waals surface area contributed by atoms with E-state index in [1.54, 1.807) is 12.2 Å². The van der Waals surface area contributed by atoms with Crippen LogP contribution in [0.1, 0.15) is 19.3 Å². The van der Waals surface area contributed by atoms with Gasteiger partial charge in [0.2, 0.25) is 10.0 Å². The molecule has 1 heterocycles. The van der Waals surface area contributed by atoms with E-state index in [0.29, 0.717) is 13.2 Å². The minimum absolute atomic E-state index is 0.0200. The van der Waals surface area contributed by atoms with Gasteiger partial charge in [0.15, 0.2) is 6.29 Å². The van der Waals surface area contributed by atoms with E-state index in [2.05, 4.69) is 4.72 Å². The molecule has 1 aliphatic heterocycles. The van der Waals surface area contributed by atoms with Gasteiger partial charge < -0.3 is 9.47 Å². The first-order valence-electron chi connectivity index (χ1n) is 7.61. The van der Waals surface area contributed by atoms with Crippen molar-refractivity contribution in [3.05, 3.63) is 46.5 Å². The first-order chi connectivity index (χ1) is 11.5. The smallest absolute Gasteiger partial charge is 0.269 e. The van der Waals surface area contributed by atoms with Gasteiger partial charge in [0.25, 0.3) is 5.69 Å². The number of benzene rings is 1. The fraction of sp³-hybridized carbons (Fsp3) is 0.467. The van der Waals surface area contributed by atoms with E-state index in [9.17, 15) is 18.5 Å². The third kappa shape index (κ3) is 5.68. The van der Waals surface area contributed by atoms with Crippen LogP contribution >= 0.6 is 0 Å². The topological polar surface area (TPSA) is 108 Å². The van der Waals surface area contributed by atoms with Crippen molar-refractivity contribution in [1.29, 1.82) is 0 Å². The maximum atomic E-state index is 12.0. The zero-order valence-electron chi connectivity index (χ0n) is 13.1. The molecule has 9 heteroatoms. The second kappa shape index (κ2) is 8.88. The minimum atomic E-state index is -3.70. The molecule has 1 N–H and O–H groups in total. The number of nitrogens with zero attached hydrogens (tertiary/aromatic N) is 1. The zero-order chi connectivity index (χ0) is 17.4. The van der Waals surface area contributed by atoms with Crippen molar-refractivity contribution in [3.8, 4) is 0 Å². The largest absolute Gasteiger partial charge is 0.353 e. The summed E-state index contributed by atoms with van der Waals surface area (Å²) in [5.41, 5.74) is -0.157. The molecule has 132 valence electrons. The summed E-state index contributed by atoms with van der Waals surface area (Å²) >= 11 is 0. The Morgan fingerprint density at radius 3 is 2.67 bits per heavy atom. The van der Waals surface area contributed by atoms with Gasteiger partial charge >= 0.3 is 0 Å². The van der Waals surface area contributed by atoms with E-state index in [-0.39, 0.29) is 23.4 Å². The Kier molecular flexibility index (Phi) is 6.85. The van der Waals surface area contributed by atoms with E-state index in [4.69, 9.17) is 9.47 Å². The van der Waals surface area contributed by atoms with Crippen LogP contribution in [-0.2, 0) is 19.5 Å². The number of non-ortho nitro benzene ring substituents is 1. The predicted molar refractivity (Wildman–Crippen MR) is 87.0 cm³/mol. The molecular formula is C15H20N2O6S. The summed E-state index contributed by atoms with van der Waals surface area (Å²) in [6.45, 7) is 1.17. The van der Waals surface area contributed by atoms with Gasteiger partial charge in [-0.3, -0.25) is 10.1 Å². The summed E-state index contributed by atoms with van der Waals surface area (Å²) in [7, 11) is -3.70. The summed E-state index contributed by atoms with van der Waals surface area (Å²) in [6, 6.07) is 4.71. The number of nitro groups is 1. The molecule has 0 radical (unpaired) electrons. The van der Waals surface area contributed by atoms with Crippen molar-refractivity contribution in [1.82, 2.24) is 4.72 Å². The number of hydrogen-bond acceptors (Lipinski definition) is 6. The highest BCUT2D eigenvalue weighted by Gasteiger charge is 2.15. The van der Waals surface area contributed by atoms with Crippen LogP contribution in [0.3, 0.4) is 0 Å². The lowest BCUT2D eigenvalue weighted by atomic mass is 10.2. The normalized spacial score (nSPS) is 18.8. The molecule has 0 aromatic heterocycles. The average molecular weight is 356 g/mol. The standard InChI is InChI=1S/C15H20N2O6S/c18-17(19)13-6-8-14(9-7-13)24(20,21)16-10-2-4-12-23-15-5-1-3-11-22-15/h2,4,6-9,15-16H,1,3,5,10-12H2/b4-2+. The third-order valence-electron chi connectivity index (χ3n) is 3.43. The van der Waals surface area contributed by atoms with Gasteiger partial charge in [-0.15, -0.1) is 0 Å². The SMILES string of the molecule is O=[N+]([O-])c1ccc(S(=O)(=O)NC/C=C/COC2CCCCO2)cc1. The molecule has 0 bridgehead atoms. The number of ether oxygens (including phenoxy) is 2. The van der Waals surface area contributed by atoms with Crippen molar-refractivity contribution in [2.24, 2.45) is 0 Å². The van der Waals surface area contributed by atoms with Crippen molar-refractivity contribution >= 4 is 15.7 Å². The molecule has 1 unspecified atom stereocenters. The number of rotatable bonds is 8. The van der Waals surface area contributed by atoms with Gasteiger partial charge in [-0.25, -0.2) is 13.1 Å². The fourth-order valence-electron chi connectivity index (χ4n) is 2.15. The van der Waals surface area contributed by atoms with Crippen molar-refractivity contribution < 1.29 is 22.8 Å². The Bertz CT molecular complexity index is 666.